The summed E-state index contributed by atoms with van der Waals surface area (Å²) in [6, 6.07) is 13.4. The zero-order valence-corrected chi connectivity index (χ0v) is 24.8. The van der Waals surface area contributed by atoms with Crippen LogP contribution in [0.4, 0.5) is 5.13 Å². The monoisotopic (exact) mass is 598 g/mol. The molecule has 1 amide bonds. The first-order valence-corrected chi connectivity index (χ1v) is 15.9. The van der Waals surface area contributed by atoms with Crippen LogP contribution in [0.2, 0.25) is 5.02 Å². The summed E-state index contributed by atoms with van der Waals surface area (Å²) in [6.45, 7) is 2.51. The van der Waals surface area contributed by atoms with Crippen molar-refractivity contribution in [3.05, 3.63) is 77.1 Å². The van der Waals surface area contributed by atoms with Gasteiger partial charge in [0, 0.05) is 30.5 Å². The van der Waals surface area contributed by atoms with E-state index in [4.69, 9.17) is 21.3 Å². The second-order valence-corrected chi connectivity index (χ2v) is 13.0. The van der Waals surface area contributed by atoms with E-state index >= 15 is 0 Å². The highest BCUT2D eigenvalue weighted by Crippen LogP contribution is 2.39. The summed E-state index contributed by atoms with van der Waals surface area (Å²) in [7, 11) is -2.12. The predicted octanol–water partition coefficient (Wildman–Crippen LogP) is 6.54. The van der Waals surface area contributed by atoms with Gasteiger partial charge in [-0.25, -0.2) is 13.4 Å². The van der Waals surface area contributed by atoms with Crippen molar-refractivity contribution < 1.29 is 17.9 Å². The SMILES string of the molecule is CCN(C1CCCCC1)S(=O)(=O)c1ccc(C(=O)N(Cc2cccnc2)c2nc3c(OC)ccc(Cl)c3s2)cc1. The number of thiazole rings is 1. The van der Waals surface area contributed by atoms with Crippen LogP contribution in [-0.4, -0.2) is 48.3 Å². The molecule has 8 nitrogen and oxygen atoms in total. The maximum atomic E-state index is 13.9. The molecule has 0 bridgehead atoms. The summed E-state index contributed by atoms with van der Waals surface area (Å²) < 4.78 is 34.8. The molecule has 0 atom stereocenters. The van der Waals surface area contributed by atoms with Gasteiger partial charge in [0.2, 0.25) is 10.0 Å². The third-order valence-electron chi connectivity index (χ3n) is 7.21. The number of amides is 1. The van der Waals surface area contributed by atoms with E-state index in [-0.39, 0.29) is 23.4 Å². The van der Waals surface area contributed by atoms with E-state index < -0.39 is 10.0 Å². The fourth-order valence-electron chi connectivity index (χ4n) is 5.18. The lowest BCUT2D eigenvalue weighted by Crippen LogP contribution is -2.41. The number of hydrogen-bond donors (Lipinski definition) is 0. The Kier molecular flexibility index (Phi) is 8.70. The number of methoxy groups -OCH3 is 1. The van der Waals surface area contributed by atoms with E-state index in [0.29, 0.717) is 38.2 Å². The molecule has 0 aliphatic heterocycles. The van der Waals surface area contributed by atoms with Gasteiger partial charge in [0.05, 0.1) is 28.3 Å². The van der Waals surface area contributed by atoms with E-state index in [9.17, 15) is 13.2 Å². The van der Waals surface area contributed by atoms with Crippen LogP contribution in [0.5, 0.6) is 5.75 Å². The van der Waals surface area contributed by atoms with E-state index in [0.717, 1.165) is 37.7 Å². The highest BCUT2D eigenvalue weighted by molar-refractivity contribution is 7.89. The molecule has 40 heavy (non-hydrogen) atoms. The Hall–Kier alpha value is -3.05. The Balaban J connectivity index is 1.48. The molecule has 1 saturated carbocycles. The molecular weight excluding hydrogens is 568 g/mol. The minimum absolute atomic E-state index is 0.0166. The summed E-state index contributed by atoms with van der Waals surface area (Å²) in [4.78, 5) is 24.6. The topological polar surface area (TPSA) is 92.7 Å². The Morgan fingerprint density at radius 2 is 1.85 bits per heavy atom. The smallest absolute Gasteiger partial charge is 0.260 e. The summed E-state index contributed by atoms with van der Waals surface area (Å²) in [5.74, 6) is 0.241. The molecular formula is C29H31ClN4O4S2. The largest absolute Gasteiger partial charge is 0.494 e. The van der Waals surface area contributed by atoms with Gasteiger partial charge in [-0.3, -0.25) is 14.7 Å². The number of rotatable bonds is 9. The lowest BCUT2D eigenvalue weighted by Gasteiger charge is -2.32. The quantitative estimate of drug-likeness (QED) is 0.217. The number of aromatic nitrogens is 2. The summed E-state index contributed by atoms with van der Waals surface area (Å²) in [6.07, 6.45) is 8.35. The highest BCUT2D eigenvalue weighted by atomic mass is 35.5. The van der Waals surface area contributed by atoms with Crippen molar-refractivity contribution in [1.29, 1.82) is 0 Å². The maximum Gasteiger partial charge on any atom is 0.260 e. The molecule has 11 heteroatoms. The molecule has 0 N–H and O–H groups in total. The predicted molar refractivity (Wildman–Crippen MR) is 159 cm³/mol. The van der Waals surface area contributed by atoms with E-state index in [1.165, 1.54) is 23.5 Å². The molecule has 1 fully saturated rings. The Morgan fingerprint density at radius 1 is 1.10 bits per heavy atom. The number of pyridine rings is 1. The highest BCUT2D eigenvalue weighted by Gasteiger charge is 2.31. The molecule has 1 aliphatic rings. The Morgan fingerprint density at radius 3 is 2.50 bits per heavy atom. The third-order valence-corrected chi connectivity index (χ3v) is 10.8. The molecule has 0 unspecified atom stereocenters. The van der Waals surface area contributed by atoms with Gasteiger partial charge in [-0.2, -0.15) is 4.31 Å². The first-order valence-electron chi connectivity index (χ1n) is 13.3. The number of benzene rings is 2. The normalized spacial score (nSPS) is 14.5. The number of hydrogen-bond acceptors (Lipinski definition) is 7. The second kappa shape index (κ2) is 12.2. The van der Waals surface area contributed by atoms with Gasteiger partial charge in [0.25, 0.3) is 5.91 Å². The fraction of sp³-hybridized carbons (Fsp3) is 0.345. The zero-order valence-electron chi connectivity index (χ0n) is 22.4. The molecule has 1 aliphatic carbocycles. The van der Waals surface area contributed by atoms with Crippen molar-refractivity contribution in [2.24, 2.45) is 0 Å². The van der Waals surface area contributed by atoms with Gasteiger partial charge in [-0.05, 0) is 60.9 Å². The number of halogens is 1. The minimum atomic E-state index is -3.68. The molecule has 210 valence electrons. The van der Waals surface area contributed by atoms with Crippen molar-refractivity contribution in [3.63, 3.8) is 0 Å². The van der Waals surface area contributed by atoms with Crippen LogP contribution >= 0.6 is 22.9 Å². The number of carbonyl (C=O) groups excluding carboxylic acids is 1. The van der Waals surface area contributed by atoms with Crippen molar-refractivity contribution in [3.8, 4) is 5.75 Å². The molecule has 0 spiro atoms. The average molecular weight is 599 g/mol. The van der Waals surface area contributed by atoms with Crippen molar-refractivity contribution >= 4 is 54.2 Å². The average Bonchev–Trinajstić information content (AvgIpc) is 3.43. The standard InChI is InChI=1S/C29H31ClN4O4S2/c1-3-34(22-9-5-4-6-10-22)40(36,37)23-13-11-21(12-14-23)28(35)33(19-20-8-7-17-31-18-20)29-32-26-25(38-2)16-15-24(30)27(26)39-29/h7-8,11-18,22H,3-6,9-10,19H2,1-2H3. The molecule has 2 aromatic carbocycles. The van der Waals surface area contributed by atoms with Crippen molar-refractivity contribution in [2.45, 2.75) is 56.5 Å². The molecule has 0 radical (unpaired) electrons. The third kappa shape index (κ3) is 5.72. The van der Waals surface area contributed by atoms with Crippen LogP contribution < -0.4 is 9.64 Å². The number of fused-ring (bicyclic) bond motifs is 1. The van der Waals surface area contributed by atoms with Gasteiger partial charge in [-0.15, -0.1) is 0 Å². The molecule has 0 saturated heterocycles. The first kappa shape index (κ1) is 28.5. The number of carbonyl (C=O) groups is 1. The minimum Gasteiger partial charge on any atom is -0.494 e. The van der Waals surface area contributed by atoms with E-state index in [1.54, 1.807) is 53.0 Å². The van der Waals surface area contributed by atoms with Gasteiger partial charge in [0.1, 0.15) is 11.3 Å². The summed E-state index contributed by atoms with van der Waals surface area (Å²) >= 11 is 7.75. The van der Waals surface area contributed by atoms with Crippen LogP contribution in [0.3, 0.4) is 0 Å². The van der Waals surface area contributed by atoms with Crippen LogP contribution in [0.1, 0.15) is 54.9 Å². The molecule has 2 heterocycles. The number of ether oxygens (including phenoxy) is 1. The van der Waals surface area contributed by atoms with Crippen molar-refractivity contribution in [1.82, 2.24) is 14.3 Å². The number of sulfonamides is 1. The van der Waals surface area contributed by atoms with E-state index in [1.807, 2.05) is 19.1 Å². The Bertz CT molecular complexity index is 1590. The van der Waals surface area contributed by atoms with Crippen molar-refractivity contribution in [2.75, 3.05) is 18.6 Å². The van der Waals surface area contributed by atoms with Gasteiger partial charge in [-0.1, -0.05) is 55.2 Å². The first-order chi connectivity index (χ1) is 19.3. The number of nitrogens with zero attached hydrogens (tertiary/aromatic N) is 4. The maximum absolute atomic E-state index is 13.9. The van der Waals surface area contributed by atoms with Gasteiger partial charge < -0.3 is 4.74 Å². The zero-order chi connectivity index (χ0) is 28.3. The molecule has 5 rings (SSSR count). The van der Waals surface area contributed by atoms with E-state index in [2.05, 4.69) is 4.98 Å². The van der Waals surface area contributed by atoms with Crippen LogP contribution in [0, 0.1) is 0 Å². The lowest BCUT2D eigenvalue weighted by molar-refractivity contribution is 0.0985. The van der Waals surface area contributed by atoms with Crippen LogP contribution in [0.15, 0.2) is 65.8 Å². The molecule has 4 aromatic rings. The molecule has 2 aromatic heterocycles. The van der Waals surface area contributed by atoms with Crippen LogP contribution in [0.25, 0.3) is 10.2 Å². The Labute approximate surface area is 243 Å². The summed E-state index contributed by atoms with van der Waals surface area (Å²) in [5, 5.41) is 0.961. The van der Waals surface area contributed by atoms with Gasteiger partial charge in [0.15, 0.2) is 5.13 Å². The van der Waals surface area contributed by atoms with Gasteiger partial charge >= 0.3 is 0 Å². The van der Waals surface area contributed by atoms with Crippen LogP contribution in [-0.2, 0) is 16.6 Å². The fourth-order valence-corrected chi connectivity index (χ4v) is 8.12. The lowest BCUT2D eigenvalue weighted by atomic mass is 9.95. The summed E-state index contributed by atoms with van der Waals surface area (Å²) in [5.41, 5.74) is 1.74. The number of anilines is 1. The second-order valence-electron chi connectivity index (χ2n) is 9.70.